The maximum atomic E-state index is 12.5. The minimum atomic E-state index is -2.03. The van der Waals surface area contributed by atoms with Gasteiger partial charge < -0.3 is 10.1 Å². The van der Waals surface area contributed by atoms with Gasteiger partial charge in [0.05, 0.1) is 5.56 Å². The Bertz CT molecular complexity index is 968. The van der Waals surface area contributed by atoms with Crippen molar-refractivity contribution in [2.75, 3.05) is 5.32 Å². The normalized spacial score (nSPS) is 16.2. The van der Waals surface area contributed by atoms with Crippen molar-refractivity contribution in [3.63, 3.8) is 0 Å². The van der Waals surface area contributed by atoms with Crippen LogP contribution in [0, 0.1) is 24.0 Å². The molecule has 0 saturated carbocycles. The summed E-state index contributed by atoms with van der Waals surface area (Å²) in [5.74, 6) is -3.17. The third kappa shape index (κ3) is 3.29. The molecule has 0 bridgehead atoms. The Balaban J connectivity index is 1.89. The molecule has 1 aliphatic rings. The van der Waals surface area contributed by atoms with Gasteiger partial charge in [0.25, 0.3) is 11.7 Å². The molecule has 0 aliphatic carbocycles. The van der Waals surface area contributed by atoms with Crippen LogP contribution in [0.2, 0.25) is 0 Å². The molecular weight excluding hydrogens is 352 g/mol. The summed E-state index contributed by atoms with van der Waals surface area (Å²) < 4.78 is 5.04. The Morgan fingerprint density at radius 2 is 1.85 bits per heavy atom. The number of nitrogens with one attached hydrogen (secondary N) is 1. The number of ketones is 1. The third-order valence-electron chi connectivity index (χ3n) is 4.58. The average molecular weight is 368 g/mol. The predicted molar refractivity (Wildman–Crippen MR) is 94.9 cm³/mol. The van der Waals surface area contributed by atoms with Gasteiger partial charge in [0.2, 0.25) is 6.10 Å². The zero-order chi connectivity index (χ0) is 19.7. The second-order valence-corrected chi connectivity index (χ2v) is 6.21. The molecule has 27 heavy (non-hydrogen) atoms. The fourth-order valence-corrected chi connectivity index (χ4v) is 2.96. The summed E-state index contributed by atoms with van der Waals surface area (Å²) in [5, 5.41) is 13.9. The quantitative estimate of drug-likeness (QED) is 0.375. The lowest BCUT2D eigenvalue weighted by molar-refractivity contribution is -0.518. The molecule has 1 aliphatic heterocycles. The van der Waals surface area contributed by atoms with E-state index < -0.39 is 34.7 Å². The van der Waals surface area contributed by atoms with Crippen LogP contribution >= 0.6 is 0 Å². The molecule has 0 saturated heterocycles. The topological polar surface area (TPSA) is 116 Å². The second-order valence-electron chi connectivity index (χ2n) is 6.21. The number of ether oxygens (including phenoxy) is 1. The number of Topliss-reactive ketones (excluding diaryl/α,β-unsaturated/α-hetero) is 1. The number of amides is 1. The van der Waals surface area contributed by atoms with Crippen molar-refractivity contribution < 1.29 is 24.0 Å². The molecule has 138 valence electrons. The van der Waals surface area contributed by atoms with E-state index in [0.29, 0.717) is 5.69 Å². The number of fused-ring (bicyclic) bond motifs is 1. The highest BCUT2D eigenvalue weighted by molar-refractivity contribution is 6.42. The number of nitrogens with zero attached hydrogens (tertiary/aromatic N) is 1. The molecule has 1 amide bonds. The molecule has 0 spiro atoms. The van der Waals surface area contributed by atoms with Crippen LogP contribution in [-0.4, -0.2) is 28.6 Å². The molecule has 2 aromatic rings. The van der Waals surface area contributed by atoms with Crippen molar-refractivity contribution >= 4 is 23.3 Å². The van der Waals surface area contributed by atoms with Crippen molar-refractivity contribution in [1.82, 2.24) is 0 Å². The van der Waals surface area contributed by atoms with E-state index in [2.05, 4.69) is 5.32 Å². The number of anilines is 1. The van der Waals surface area contributed by atoms with Crippen molar-refractivity contribution in [1.29, 1.82) is 0 Å². The molecule has 2 atom stereocenters. The zero-order valence-electron chi connectivity index (χ0n) is 14.6. The van der Waals surface area contributed by atoms with Crippen LogP contribution < -0.4 is 5.32 Å². The largest absolute Gasteiger partial charge is 0.446 e. The van der Waals surface area contributed by atoms with E-state index in [4.69, 9.17) is 4.74 Å². The number of cyclic esters (lactones) is 1. The zero-order valence-corrected chi connectivity index (χ0v) is 14.6. The van der Waals surface area contributed by atoms with Gasteiger partial charge in [0.1, 0.15) is 0 Å². The Morgan fingerprint density at radius 3 is 2.56 bits per heavy atom. The smallest absolute Gasteiger partial charge is 0.339 e. The first-order chi connectivity index (χ1) is 12.8. The second kappa shape index (κ2) is 6.99. The number of hydrogen-bond acceptors (Lipinski definition) is 6. The molecule has 3 rings (SSSR count). The van der Waals surface area contributed by atoms with Crippen LogP contribution in [0.15, 0.2) is 42.5 Å². The number of aryl methyl sites for hydroxylation is 1. The van der Waals surface area contributed by atoms with Crippen LogP contribution in [0.1, 0.15) is 33.2 Å². The van der Waals surface area contributed by atoms with E-state index in [-0.39, 0.29) is 11.1 Å². The monoisotopic (exact) mass is 368 g/mol. The number of carbonyl (C=O) groups excluding carboxylic acids is 3. The minimum absolute atomic E-state index is 0.150. The maximum absolute atomic E-state index is 12.5. The number of carbonyl (C=O) groups is 3. The molecule has 0 unspecified atom stereocenters. The van der Waals surface area contributed by atoms with Crippen LogP contribution in [0.25, 0.3) is 0 Å². The summed E-state index contributed by atoms with van der Waals surface area (Å²) in [6.07, 6.45) is -1.44. The van der Waals surface area contributed by atoms with Gasteiger partial charge in [0, 0.05) is 16.2 Å². The van der Waals surface area contributed by atoms with Crippen LogP contribution in [0.5, 0.6) is 0 Å². The first-order valence-corrected chi connectivity index (χ1v) is 8.16. The minimum Gasteiger partial charge on any atom is -0.446 e. The summed E-state index contributed by atoms with van der Waals surface area (Å²) in [7, 11) is 0. The van der Waals surface area contributed by atoms with Gasteiger partial charge in [-0.15, -0.1) is 0 Å². The van der Waals surface area contributed by atoms with E-state index in [1.165, 1.54) is 12.1 Å². The molecule has 0 fully saturated rings. The molecule has 8 heteroatoms. The number of hydrogen-bond donors (Lipinski definition) is 1. The van der Waals surface area contributed by atoms with Gasteiger partial charge in [-0.1, -0.05) is 30.3 Å². The number of rotatable bonds is 5. The van der Waals surface area contributed by atoms with Gasteiger partial charge in [0.15, 0.2) is 0 Å². The molecule has 1 heterocycles. The highest BCUT2D eigenvalue weighted by Crippen LogP contribution is 2.34. The van der Waals surface area contributed by atoms with Crippen LogP contribution in [-0.2, 0) is 14.3 Å². The lowest BCUT2D eigenvalue weighted by Crippen LogP contribution is -2.42. The predicted octanol–water partition coefficient (Wildman–Crippen LogP) is 2.37. The fraction of sp³-hybridized carbons (Fsp3) is 0.211. The van der Waals surface area contributed by atoms with Crippen LogP contribution in [0.4, 0.5) is 5.69 Å². The van der Waals surface area contributed by atoms with Crippen molar-refractivity contribution in [2.45, 2.75) is 26.0 Å². The highest BCUT2D eigenvalue weighted by atomic mass is 16.6. The van der Waals surface area contributed by atoms with Gasteiger partial charge >= 0.3 is 12.0 Å². The molecule has 8 nitrogen and oxygen atoms in total. The molecular formula is C19H16N2O6. The molecule has 1 N–H and O–H groups in total. The summed E-state index contributed by atoms with van der Waals surface area (Å²) in [4.78, 5) is 47.5. The van der Waals surface area contributed by atoms with Gasteiger partial charge in [-0.05, 0) is 37.1 Å². The van der Waals surface area contributed by atoms with E-state index in [1.54, 1.807) is 31.2 Å². The summed E-state index contributed by atoms with van der Waals surface area (Å²) in [5.41, 5.74) is 2.40. The van der Waals surface area contributed by atoms with Crippen molar-refractivity contribution in [2.24, 2.45) is 0 Å². The fourth-order valence-electron chi connectivity index (χ4n) is 2.96. The van der Waals surface area contributed by atoms with Crippen LogP contribution in [0.3, 0.4) is 0 Å². The summed E-state index contributed by atoms with van der Waals surface area (Å²) in [6.45, 7) is 3.59. The maximum Gasteiger partial charge on any atom is 0.339 e. The lowest BCUT2D eigenvalue weighted by atomic mass is 9.97. The SMILES string of the molecule is Cc1cccc(NC(=O)C(=O)[C@@H]([C@H]2OC(=O)c3ccccc32)[N+](=O)[O-])c1C. The molecule has 2 aromatic carbocycles. The van der Waals surface area contributed by atoms with Crippen molar-refractivity contribution in [3.8, 4) is 0 Å². The number of benzene rings is 2. The molecule has 0 aromatic heterocycles. The highest BCUT2D eigenvalue weighted by Gasteiger charge is 2.49. The third-order valence-corrected chi connectivity index (χ3v) is 4.58. The van der Waals surface area contributed by atoms with Crippen molar-refractivity contribution in [3.05, 3.63) is 74.8 Å². The molecule has 0 radical (unpaired) electrons. The lowest BCUT2D eigenvalue weighted by Gasteiger charge is -2.16. The van der Waals surface area contributed by atoms with E-state index >= 15 is 0 Å². The average Bonchev–Trinajstić information content (AvgIpc) is 2.95. The Hall–Kier alpha value is -3.55. The number of nitro groups is 1. The first kappa shape index (κ1) is 18.2. The van der Waals surface area contributed by atoms with Gasteiger partial charge in [-0.25, -0.2) is 4.79 Å². The van der Waals surface area contributed by atoms with E-state index in [9.17, 15) is 24.5 Å². The first-order valence-electron chi connectivity index (χ1n) is 8.16. The van der Waals surface area contributed by atoms with Gasteiger partial charge in [-0.2, -0.15) is 0 Å². The summed E-state index contributed by atoms with van der Waals surface area (Å²) >= 11 is 0. The Kier molecular flexibility index (Phi) is 4.72. The Labute approximate surface area is 154 Å². The number of esters is 1. The Morgan fingerprint density at radius 1 is 1.15 bits per heavy atom. The van der Waals surface area contributed by atoms with E-state index in [1.807, 2.05) is 13.0 Å². The standard InChI is InChI=1S/C19H16N2O6/c1-10-6-5-9-14(11(10)2)20-18(23)16(22)15(21(25)26)17-12-7-3-4-8-13(12)19(24)27-17/h3-9,15,17H,1-2H3,(H,20,23)/t15-,17-/m0/s1. The van der Waals surface area contributed by atoms with E-state index in [0.717, 1.165) is 11.1 Å². The van der Waals surface area contributed by atoms with Gasteiger partial charge in [-0.3, -0.25) is 19.7 Å². The summed E-state index contributed by atoms with van der Waals surface area (Å²) in [6, 6.07) is 9.18.